The van der Waals surface area contributed by atoms with Crippen LogP contribution in [0.5, 0.6) is 0 Å². The van der Waals surface area contributed by atoms with Gasteiger partial charge in [-0.25, -0.2) is 9.37 Å². The summed E-state index contributed by atoms with van der Waals surface area (Å²) >= 11 is 1.96. The predicted octanol–water partition coefficient (Wildman–Crippen LogP) is 2.83. The largest absolute Gasteiger partial charge is 0.369 e. The number of fused-ring (bicyclic) bond motifs is 1. The van der Waals surface area contributed by atoms with Crippen LogP contribution >= 0.6 is 11.8 Å². The fourth-order valence-corrected chi connectivity index (χ4v) is 3.49. The lowest BCUT2D eigenvalue weighted by Crippen LogP contribution is -2.17. The highest BCUT2D eigenvalue weighted by atomic mass is 32.2. The first-order valence-corrected chi connectivity index (χ1v) is 6.92. The molecule has 3 nitrogen and oxygen atoms in total. The molecular weight excluding hydrogens is 237 g/mol. The highest BCUT2D eigenvalue weighted by Gasteiger charge is 2.20. The van der Waals surface area contributed by atoms with Crippen LogP contribution in [0.4, 0.5) is 10.3 Å². The number of nitrogens with zero attached hydrogens (tertiary/aromatic N) is 2. The van der Waals surface area contributed by atoms with Crippen molar-refractivity contribution in [2.45, 2.75) is 18.9 Å². The van der Waals surface area contributed by atoms with E-state index in [9.17, 15) is 4.39 Å². The van der Waals surface area contributed by atoms with E-state index in [0.717, 1.165) is 35.4 Å². The zero-order valence-electron chi connectivity index (χ0n) is 9.40. The standard InChI is InChI=1S/C12H14FN3S/c13-8-1-2-10-11(7-8)16(12(14)15-10)9-3-5-17-6-4-9/h1-2,7,9H,3-6H2,(H2,14,15). The molecule has 90 valence electrons. The molecule has 0 radical (unpaired) electrons. The number of hydrogen-bond donors (Lipinski definition) is 1. The lowest BCUT2D eigenvalue weighted by molar-refractivity contribution is 0.486. The molecule has 1 aliphatic heterocycles. The van der Waals surface area contributed by atoms with Crippen LogP contribution in [0.15, 0.2) is 18.2 Å². The molecule has 1 aliphatic rings. The number of nitrogens with two attached hydrogens (primary N) is 1. The van der Waals surface area contributed by atoms with Crippen LogP contribution in [0.3, 0.4) is 0 Å². The van der Waals surface area contributed by atoms with Gasteiger partial charge in [0.05, 0.1) is 11.0 Å². The Labute approximate surface area is 103 Å². The number of rotatable bonds is 1. The third-order valence-electron chi connectivity index (χ3n) is 3.23. The van der Waals surface area contributed by atoms with Crippen LogP contribution in [-0.4, -0.2) is 21.1 Å². The van der Waals surface area contributed by atoms with Crippen molar-refractivity contribution in [3.8, 4) is 0 Å². The Morgan fingerprint density at radius 2 is 2.12 bits per heavy atom. The number of halogens is 1. The average molecular weight is 251 g/mol. The Kier molecular flexibility index (Phi) is 2.70. The van der Waals surface area contributed by atoms with E-state index in [1.54, 1.807) is 6.07 Å². The molecule has 2 aromatic rings. The summed E-state index contributed by atoms with van der Waals surface area (Å²) in [5, 5.41) is 0. The maximum Gasteiger partial charge on any atom is 0.201 e. The summed E-state index contributed by atoms with van der Waals surface area (Å²) in [5.41, 5.74) is 7.56. The van der Waals surface area contributed by atoms with E-state index >= 15 is 0 Å². The number of benzene rings is 1. The van der Waals surface area contributed by atoms with Gasteiger partial charge in [0.15, 0.2) is 0 Å². The first-order chi connectivity index (χ1) is 8.25. The van der Waals surface area contributed by atoms with E-state index in [0.29, 0.717) is 12.0 Å². The summed E-state index contributed by atoms with van der Waals surface area (Å²) in [6.45, 7) is 0. The van der Waals surface area contributed by atoms with Gasteiger partial charge in [-0.15, -0.1) is 0 Å². The van der Waals surface area contributed by atoms with Crippen LogP contribution in [0.2, 0.25) is 0 Å². The Hall–Kier alpha value is -1.23. The molecule has 3 rings (SSSR count). The molecule has 0 saturated carbocycles. The van der Waals surface area contributed by atoms with Crippen molar-refractivity contribution in [2.24, 2.45) is 0 Å². The van der Waals surface area contributed by atoms with Crippen molar-refractivity contribution in [3.05, 3.63) is 24.0 Å². The summed E-state index contributed by atoms with van der Waals surface area (Å²) in [7, 11) is 0. The van der Waals surface area contributed by atoms with Crippen molar-refractivity contribution in [1.82, 2.24) is 9.55 Å². The average Bonchev–Trinajstić information content (AvgIpc) is 2.65. The predicted molar refractivity (Wildman–Crippen MR) is 69.7 cm³/mol. The van der Waals surface area contributed by atoms with Gasteiger partial charge in [0, 0.05) is 6.04 Å². The first-order valence-electron chi connectivity index (χ1n) is 5.76. The summed E-state index contributed by atoms with van der Waals surface area (Å²) in [4.78, 5) is 4.30. The molecule has 17 heavy (non-hydrogen) atoms. The SMILES string of the molecule is Nc1nc2ccc(F)cc2n1C1CCSCC1. The van der Waals surface area contributed by atoms with Crippen molar-refractivity contribution in [2.75, 3.05) is 17.2 Å². The smallest absolute Gasteiger partial charge is 0.201 e. The molecule has 1 aromatic heterocycles. The molecule has 0 aliphatic carbocycles. The van der Waals surface area contributed by atoms with Crippen LogP contribution < -0.4 is 5.73 Å². The maximum absolute atomic E-state index is 13.3. The van der Waals surface area contributed by atoms with E-state index in [1.165, 1.54) is 12.1 Å². The monoisotopic (exact) mass is 251 g/mol. The van der Waals surface area contributed by atoms with E-state index in [-0.39, 0.29) is 5.82 Å². The molecule has 0 bridgehead atoms. The quantitative estimate of drug-likeness (QED) is 0.847. The van der Waals surface area contributed by atoms with Gasteiger partial charge < -0.3 is 10.3 Å². The third-order valence-corrected chi connectivity index (χ3v) is 4.28. The van der Waals surface area contributed by atoms with E-state index in [1.807, 2.05) is 16.3 Å². The third kappa shape index (κ3) is 1.88. The first kappa shape index (κ1) is 10.9. The lowest BCUT2D eigenvalue weighted by Gasteiger charge is -2.24. The molecule has 2 N–H and O–H groups in total. The highest BCUT2D eigenvalue weighted by Crippen LogP contribution is 2.32. The van der Waals surface area contributed by atoms with E-state index < -0.39 is 0 Å². The van der Waals surface area contributed by atoms with Gasteiger partial charge in [0.1, 0.15) is 5.82 Å². The second-order valence-electron chi connectivity index (χ2n) is 4.32. The molecular formula is C12H14FN3S. The van der Waals surface area contributed by atoms with Gasteiger partial charge in [-0.05, 0) is 42.5 Å². The molecule has 5 heteroatoms. The van der Waals surface area contributed by atoms with Gasteiger partial charge in [-0.2, -0.15) is 11.8 Å². The molecule has 0 amide bonds. The molecule has 0 atom stereocenters. The summed E-state index contributed by atoms with van der Waals surface area (Å²) in [6, 6.07) is 5.01. The van der Waals surface area contributed by atoms with E-state index in [2.05, 4.69) is 4.98 Å². The van der Waals surface area contributed by atoms with Gasteiger partial charge >= 0.3 is 0 Å². The van der Waals surface area contributed by atoms with Crippen LogP contribution in [0.1, 0.15) is 18.9 Å². The summed E-state index contributed by atoms with van der Waals surface area (Å²) in [6.07, 6.45) is 2.16. The molecule has 1 fully saturated rings. The number of imidazole rings is 1. The normalized spacial score (nSPS) is 17.7. The van der Waals surface area contributed by atoms with Crippen molar-refractivity contribution in [3.63, 3.8) is 0 Å². The minimum absolute atomic E-state index is 0.233. The molecule has 1 aromatic carbocycles. The number of hydrogen-bond acceptors (Lipinski definition) is 3. The molecule has 0 spiro atoms. The Morgan fingerprint density at radius 3 is 2.88 bits per heavy atom. The van der Waals surface area contributed by atoms with E-state index in [4.69, 9.17) is 5.73 Å². The number of aromatic nitrogens is 2. The van der Waals surface area contributed by atoms with Gasteiger partial charge in [-0.3, -0.25) is 0 Å². The zero-order chi connectivity index (χ0) is 11.8. The molecule has 2 heterocycles. The van der Waals surface area contributed by atoms with Gasteiger partial charge in [0.25, 0.3) is 0 Å². The molecule has 1 saturated heterocycles. The number of anilines is 1. The maximum atomic E-state index is 13.3. The van der Waals surface area contributed by atoms with Crippen molar-refractivity contribution < 1.29 is 4.39 Å². The second kappa shape index (κ2) is 4.22. The number of thioether (sulfide) groups is 1. The van der Waals surface area contributed by atoms with Crippen molar-refractivity contribution in [1.29, 1.82) is 0 Å². The molecule has 0 unspecified atom stereocenters. The minimum atomic E-state index is -0.233. The lowest BCUT2D eigenvalue weighted by atomic mass is 10.1. The highest BCUT2D eigenvalue weighted by molar-refractivity contribution is 7.99. The topological polar surface area (TPSA) is 43.8 Å². The van der Waals surface area contributed by atoms with Gasteiger partial charge in [-0.1, -0.05) is 0 Å². The minimum Gasteiger partial charge on any atom is -0.369 e. The summed E-state index contributed by atoms with van der Waals surface area (Å²) < 4.78 is 15.3. The van der Waals surface area contributed by atoms with Crippen LogP contribution in [0.25, 0.3) is 11.0 Å². The zero-order valence-corrected chi connectivity index (χ0v) is 10.2. The van der Waals surface area contributed by atoms with Crippen LogP contribution in [-0.2, 0) is 0 Å². The fraction of sp³-hybridized carbons (Fsp3) is 0.417. The van der Waals surface area contributed by atoms with Crippen molar-refractivity contribution >= 4 is 28.7 Å². The Morgan fingerprint density at radius 1 is 1.35 bits per heavy atom. The van der Waals surface area contributed by atoms with Gasteiger partial charge in [0.2, 0.25) is 5.95 Å². The van der Waals surface area contributed by atoms with Crippen LogP contribution in [0, 0.1) is 5.82 Å². The number of nitrogen functional groups attached to an aromatic ring is 1. The Bertz CT molecular complexity index is 546. The fourth-order valence-electron chi connectivity index (χ4n) is 2.41. The second-order valence-corrected chi connectivity index (χ2v) is 5.54. The summed E-state index contributed by atoms with van der Waals surface area (Å²) in [5.74, 6) is 2.55. The Balaban J connectivity index is 2.13.